The van der Waals surface area contributed by atoms with Gasteiger partial charge in [0.1, 0.15) is 23.3 Å². The van der Waals surface area contributed by atoms with Crippen LogP contribution in [0.3, 0.4) is 0 Å². The first-order valence-corrected chi connectivity index (χ1v) is 11.7. The largest absolute Gasteiger partial charge is 0.464 e. The SMILES string of the molecule is CCCCCCCCCCCOC(=O)[C@H](Cc1cc(F)cc(F)c1)NC(=O)OC(C)(C)C. The third kappa shape index (κ3) is 13.3. The first-order valence-electron chi connectivity index (χ1n) is 11.7. The van der Waals surface area contributed by atoms with Crippen LogP contribution < -0.4 is 5.32 Å². The minimum Gasteiger partial charge on any atom is -0.464 e. The Kier molecular flexibility index (Phi) is 12.9. The molecule has 182 valence electrons. The van der Waals surface area contributed by atoms with E-state index < -0.39 is 35.3 Å². The Morgan fingerprint density at radius 2 is 1.44 bits per heavy atom. The molecule has 32 heavy (non-hydrogen) atoms. The summed E-state index contributed by atoms with van der Waals surface area (Å²) in [6, 6.07) is 1.90. The van der Waals surface area contributed by atoms with E-state index in [2.05, 4.69) is 12.2 Å². The standard InChI is InChI=1S/C25H39F2NO4/c1-5-6-7-8-9-10-11-12-13-14-31-23(29)22(28-24(30)32-25(2,3)4)17-19-15-20(26)18-21(27)16-19/h15-16,18,22H,5-14,17H2,1-4H3,(H,28,30)/t22-/m0/s1. The molecular weight excluding hydrogens is 416 g/mol. The maximum absolute atomic E-state index is 13.5. The zero-order valence-electron chi connectivity index (χ0n) is 20.0. The Morgan fingerprint density at radius 3 is 1.97 bits per heavy atom. The lowest BCUT2D eigenvalue weighted by Crippen LogP contribution is -2.45. The molecule has 0 aliphatic carbocycles. The summed E-state index contributed by atoms with van der Waals surface area (Å²) >= 11 is 0. The van der Waals surface area contributed by atoms with Gasteiger partial charge in [0, 0.05) is 12.5 Å². The maximum Gasteiger partial charge on any atom is 0.408 e. The number of hydrogen-bond donors (Lipinski definition) is 1. The molecular formula is C25H39F2NO4. The van der Waals surface area contributed by atoms with Crippen molar-refractivity contribution in [1.82, 2.24) is 5.32 Å². The lowest BCUT2D eigenvalue weighted by atomic mass is 10.1. The Hall–Kier alpha value is -2.18. The Morgan fingerprint density at radius 1 is 0.906 bits per heavy atom. The summed E-state index contributed by atoms with van der Waals surface area (Å²) in [4.78, 5) is 24.7. The number of carbonyl (C=O) groups is 2. The number of carbonyl (C=O) groups excluding carboxylic acids is 2. The zero-order valence-corrected chi connectivity index (χ0v) is 20.0. The van der Waals surface area contributed by atoms with Gasteiger partial charge in [-0.2, -0.15) is 0 Å². The molecule has 1 N–H and O–H groups in total. The fourth-order valence-electron chi connectivity index (χ4n) is 3.29. The molecule has 0 spiro atoms. The van der Waals surface area contributed by atoms with Crippen LogP contribution >= 0.6 is 0 Å². The molecule has 0 radical (unpaired) electrons. The number of rotatable bonds is 14. The molecule has 7 heteroatoms. The number of halogens is 2. The van der Waals surface area contributed by atoms with Gasteiger partial charge in [0.05, 0.1) is 6.61 Å². The Labute approximate surface area is 191 Å². The quantitative estimate of drug-likeness (QED) is 0.258. The summed E-state index contributed by atoms with van der Waals surface area (Å²) in [5, 5.41) is 2.47. The number of esters is 1. The van der Waals surface area contributed by atoms with Gasteiger partial charge in [-0.25, -0.2) is 18.4 Å². The van der Waals surface area contributed by atoms with E-state index in [1.165, 1.54) is 38.5 Å². The van der Waals surface area contributed by atoms with Crippen LogP contribution in [0.4, 0.5) is 13.6 Å². The molecule has 0 saturated carbocycles. The summed E-state index contributed by atoms with van der Waals surface area (Å²) in [5.41, 5.74) is -0.511. The van der Waals surface area contributed by atoms with Crippen molar-refractivity contribution in [3.05, 3.63) is 35.4 Å². The van der Waals surface area contributed by atoms with Crippen LogP contribution in [0.2, 0.25) is 0 Å². The van der Waals surface area contributed by atoms with Gasteiger partial charge in [-0.15, -0.1) is 0 Å². The summed E-state index contributed by atoms with van der Waals surface area (Å²) in [6.45, 7) is 7.53. The fourth-order valence-corrected chi connectivity index (χ4v) is 3.29. The molecule has 0 unspecified atom stereocenters. The summed E-state index contributed by atoms with van der Waals surface area (Å²) in [7, 11) is 0. The second kappa shape index (κ2) is 14.8. The molecule has 1 rings (SSSR count). The van der Waals surface area contributed by atoms with Crippen molar-refractivity contribution < 1.29 is 27.8 Å². The molecule has 0 aliphatic heterocycles. The molecule has 1 aromatic carbocycles. The average molecular weight is 456 g/mol. The molecule has 0 fully saturated rings. The van der Waals surface area contributed by atoms with Crippen LogP contribution in [0.15, 0.2) is 18.2 Å². The lowest BCUT2D eigenvalue weighted by molar-refractivity contribution is -0.146. The van der Waals surface area contributed by atoms with Crippen LogP contribution in [-0.2, 0) is 20.7 Å². The Balaban J connectivity index is 2.52. The summed E-state index contributed by atoms with van der Waals surface area (Å²) in [6.07, 6.45) is 9.36. The van der Waals surface area contributed by atoms with Crippen molar-refractivity contribution in [3.63, 3.8) is 0 Å². The van der Waals surface area contributed by atoms with Crippen LogP contribution in [-0.4, -0.2) is 30.3 Å². The number of nitrogens with one attached hydrogen (secondary N) is 1. The second-order valence-electron chi connectivity index (χ2n) is 9.18. The average Bonchev–Trinajstić information content (AvgIpc) is 2.66. The van der Waals surface area contributed by atoms with Gasteiger partial charge in [-0.1, -0.05) is 58.3 Å². The molecule has 0 aliphatic rings. The van der Waals surface area contributed by atoms with Gasteiger partial charge in [0.15, 0.2) is 0 Å². The van der Waals surface area contributed by atoms with Gasteiger partial charge in [-0.3, -0.25) is 0 Å². The molecule has 0 aromatic heterocycles. The second-order valence-corrected chi connectivity index (χ2v) is 9.18. The third-order valence-electron chi connectivity index (χ3n) is 4.83. The highest BCUT2D eigenvalue weighted by Crippen LogP contribution is 2.13. The van der Waals surface area contributed by atoms with Crippen molar-refractivity contribution in [2.24, 2.45) is 0 Å². The minimum atomic E-state index is -1.11. The number of benzene rings is 1. The number of amides is 1. The van der Waals surface area contributed by atoms with Gasteiger partial charge < -0.3 is 14.8 Å². The van der Waals surface area contributed by atoms with E-state index in [1.807, 2.05) is 0 Å². The predicted octanol–water partition coefficient (Wildman–Crippen LogP) is 6.47. The van der Waals surface area contributed by atoms with Gasteiger partial charge in [-0.05, 0) is 44.9 Å². The first kappa shape index (κ1) is 27.9. The summed E-state index contributed by atoms with van der Waals surface area (Å²) in [5.74, 6) is -2.15. The fraction of sp³-hybridized carbons (Fsp3) is 0.680. The number of alkyl carbamates (subject to hydrolysis) is 1. The number of unbranched alkanes of at least 4 members (excludes halogenated alkanes) is 8. The normalized spacial score (nSPS) is 12.3. The molecule has 0 heterocycles. The van der Waals surface area contributed by atoms with Crippen molar-refractivity contribution in [3.8, 4) is 0 Å². The van der Waals surface area contributed by atoms with Crippen molar-refractivity contribution in [2.75, 3.05) is 6.61 Å². The molecule has 0 bridgehead atoms. The number of hydrogen-bond acceptors (Lipinski definition) is 4. The van der Waals surface area contributed by atoms with E-state index in [0.717, 1.165) is 37.5 Å². The van der Waals surface area contributed by atoms with E-state index in [0.29, 0.717) is 0 Å². The number of ether oxygens (including phenoxy) is 2. The first-order chi connectivity index (χ1) is 15.1. The minimum absolute atomic E-state index is 0.107. The van der Waals surface area contributed by atoms with Gasteiger partial charge >= 0.3 is 12.1 Å². The van der Waals surface area contributed by atoms with E-state index in [-0.39, 0.29) is 18.6 Å². The summed E-state index contributed by atoms with van der Waals surface area (Å²) < 4.78 is 37.6. The zero-order chi connectivity index (χ0) is 24.0. The smallest absolute Gasteiger partial charge is 0.408 e. The molecule has 0 saturated heterocycles. The van der Waals surface area contributed by atoms with E-state index in [1.54, 1.807) is 20.8 Å². The molecule has 1 amide bonds. The topological polar surface area (TPSA) is 64.6 Å². The predicted molar refractivity (Wildman–Crippen MR) is 121 cm³/mol. The van der Waals surface area contributed by atoms with Crippen LogP contribution in [0, 0.1) is 11.6 Å². The molecule has 1 aromatic rings. The third-order valence-corrected chi connectivity index (χ3v) is 4.83. The highest BCUT2D eigenvalue weighted by molar-refractivity contribution is 5.81. The van der Waals surface area contributed by atoms with Gasteiger partial charge in [0.25, 0.3) is 0 Å². The van der Waals surface area contributed by atoms with Crippen molar-refractivity contribution >= 4 is 12.1 Å². The van der Waals surface area contributed by atoms with Gasteiger partial charge in [0.2, 0.25) is 0 Å². The highest BCUT2D eigenvalue weighted by Gasteiger charge is 2.26. The van der Waals surface area contributed by atoms with Crippen LogP contribution in [0.5, 0.6) is 0 Å². The van der Waals surface area contributed by atoms with E-state index in [4.69, 9.17) is 9.47 Å². The van der Waals surface area contributed by atoms with Crippen LogP contribution in [0.1, 0.15) is 91.0 Å². The highest BCUT2D eigenvalue weighted by atomic mass is 19.1. The maximum atomic E-state index is 13.5. The van der Waals surface area contributed by atoms with E-state index >= 15 is 0 Å². The monoisotopic (exact) mass is 455 g/mol. The van der Waals surface area contributed by atoms with Crippen molar-refractivity contribution in [1.29, 1.82) is 0 Å². The van der Waals surface area contributed by atoms with Crippen molar-refractivity contribution in [2.45, 2.75) is 104 Å². The van der Waals surface area contributed by atoms with Crippen LogP contribution in [0.25, 0.3) is 0 Å². The molecule has 1 atom stereocenters. The Bertz CT molecular complexity index is 683. The van der Waals surface area contributed by atoms with E-state index in [9.17, 15) is 18.4 Å². The molecule has 5 nitrogen and oxygen atoms in total. The lowest BCUT2D eigenvalue weighted by Gasteiger charge is -2.23.